The molecular formula is C11H19NO4S. The summed E-state index contributed by atoms with van der Waals surface area (Å²) in [5.74, 6) is -0.711. The van der Waals surface area contributed by atoms with Gasteiger partial charge in [-0.05, 0) is 19.8 Å². The number of hydrogen-bond donors (Lipinski definition) is 0. The van der Waals surface area contributed by atoms with E-state index in [-0.39, 0.29) is 24.2 Å². The van der Waals surface area contributed by atoms with Gasteiger partial charge in [-0.15, -0.1) is 6.58 Å². The molecule has 1 saturated heterocycles. The predicted octanol–water partition coefficient (Wildman–Crippen LogP) is 0.777. The Kier molecular flexibility index (Phi) is 5.14. The topological polar surface area (TPSA) is 63.7 Å². The van der Waals surface area contributed by atoms with E-state index in [9.17, 15) is 13.2 Å². The van der Waals surface area contributed by atoms with Crippen molar-refractivity contribution < 1.29 is 17.9 Å². The van der Waals surface area contributed by atoms with E-state index in [0.29, 0.717) is 26.0 Å². The molecule has 1 heterocycles. The molecule has 5 nitrogen and oxygen atoms in total. The normalized spacial score (nSPS) is 22.1. The van der Waals surface area contributed by atoms with Gasteiger partial charge < -0.3 is 4.74 Å². The second-order valence-electron chi connectivity index (χ2n) is 4.02. The van der Waals surface area contributed by atoms with Gasteiger partial charge >= 0.3 is 5.97 Å². The zero-order valence-corrected chi connectivity index (χ0v) is 10.9. The van der Waals surface area contributed by atoms with Crippen LogP contribution >= 0.6 is 0 Å². The van der Waals surface area contributed by atoms with E-state index in [2.05, 4.69) is 6.58 Å². The molecule has 1 aliphatic heterocycles. The Balaban J connectivity index is 2.66. The molecule has 0 unspecified atom stereocenters. The Hall–Kier alpha value is -0.880. The number of hydrogen-bond acceptors (Lipinski definition) is 4. The largest absolute Gasteiger partial charge is 0.466 e. The molecule has 17 heavy (non-hydrogen) atoms. The highest BCUT2D eigenvalue weighted by molar-refractivity contribution is 7.89. The van der Waals surface area contributed by atoms with Crippen LogP contribution in [0.25, 0.3) is 0 Å². The van der Waals surface area contributed by atoms with Crippen LogP contribution in [0, 0.1) is 5.92 Å². The van der Waals surface area contributed by atoms with Crippen LogP contribution in [0.4, 0.5) is 0 Å². The lowest BCUT2D eigenvalue weighted by atomic mass is 10.0. The summed E-state index contributed by atoms with van der Waals surface area (Å²) in [5, 5.41) is 0. The molecule has 6 heteroatoms. The summed E-state index contributed by atoms with van der Waals surface area (Å²) in [7, 11) is -3.31. The van der Waals surface area contributed by atoms with Gasteiger partial charge in [-0.1, -0.05) is 6.08 Å². The fourth-order valence-corrected chi connectivity index (χ4v) is 3.22. The zero-order chi connectivity index (χ0) is 12.9. The first kappa shape index (κ1) is 14.2. The van der Waals surface area contributed by atoms with Crippen molar-refractivity contribution in [2.45, 2.75) is 19.8 Å². The lowest BCUT2D eigenvalue weighted by Gasteiger charge is -2.30. The lowest BCUT2D eigenvalue weighted by molar-refractivity contribution is -0.149. The zero-order valence-electron chi connectivity index (χ0n) is 10.1. The van der Waals surface area contributed by atoms with Gasteiger partial charge in [0.25, 0.3) is 0 Å². The first-order chi connectivity index (χ1) is 8.01. The second-order valence-corrected chi connectivity index (χ2v) is 6.03. The number of nitrogens with zero attached hydrogens (tertiary/aromatic N) is 1. The van der Waals surface area contributed by atoms with Crippen molar-refractivity contribution in [3.05, 3.63) is 12.7 Å². The molecule has 0 aromatic rings. The highest BCUT2D eigenvalue weighted by Crippen LogP contribution is 2.20. The highest BCUT2D eigenvalue weighted by atomic mass is 32.2. The smallest absolute Gasteiger partial charge is 0.310 e. The summed E-state index contributed by atoms with van der Waals surface area (Å²) >= 11 is 0. The fourth-order valence-electron chi connectivity index (χ4n) is 1.90. The van der Waals surface area contributed by atoms with Crippen molar-refractivity contribution in [2.75, 3.05) is 25.4 Å². The molecule has 0 spiro atoms. The summed E-state index contributed by atoms with van der Waals surface area (Å²) < 4.78 is 29.9. The van der Waals surface area contributed by atoms with Crippen molar-refractivity contribution in [3.8, 4) is 0 Å². The Morgan fingerprint density at radius 3 is 2.88 bits per heavy atom. The third kappa shape index (κ3) is 3.81. The molecule has 0 bridgehead atoms. The van der Waals surface area contributed by atoms with E-state index < -0.39 is 10.0 Å². The van der Waals surface area contributed by atoms with Crippen molar-refractivity contribution in [1.29, 1.82) is 0 Å². The number of ether oxygens (including phenoxy) is 1. The van der Waals surface area contributed by atoms with Crippen LogP contribution in [-0.4, -0.2) is 44.1 Å². The summed E-state index contributed by atoms with van der Waals surface area (Å²) in [4.78, 5) is 11.6. The number of rotatable bonds is 5. The molecule has 0 saturated carbocycles. The predicted molar refractivity (Wildman–Crippen MR) is 64.9 cm³/mol. The molecule has 0 radical (unpaired) electrons. The third-order valence-corrected chi connectivity index (χ3v) is 4.50. The van der Waals surface area contributed by atoms with Crippen LogP contribution in [-0.2, 0) is 19.6 Å². The monoisotopic (exact) mass is 261 g/mol. The van der Waals surface area contributed by atoms with E-state index in [0.717, 1.165) is 0 Å². The summed E-state index contributed by atoms with van der Waals surface area (Å²) in [6.45, 7) is 6.21. The van der Waals surface area contributed by atoms with Gasteiger partial charge in [-0.3, -0.25) is 4.79 Å². The number of piperidine rings is 1. The molecule has 0 aromatic heterocycles. The van der Waals surface area contributed by atoms with Crippen molar-refractivity contribution in [3.63, 3.8) is 0 Å². The van der Waals surface area contributed by atoms with Crippen LogP contribution in [0.1, 0.15) is 19.8 Å². The lowest BCUT2D eigenvalue weighted by Crippen LogP contribution is -2.43. The van der Waals surface area contributed by atoms with Crippen molar-refractivity contribution in [1.82, 2.24) is 4.31 Å². The second kappa shape index (κ2) is 6.16. The SMILES string of the molecule is C=CCS(=O)(=O)N1CCC[C@@H](C(=O)OCC)C1. The van der Waals surface area contributed by atoms with Gasteiger partial charge in [-0.2, -0.15) is 0 Å². The average Bonchev–Trinajstić information content (AvgIpc) is 2.29. The first-order valence-electron chi connectivity index (χ1n) is 5.76. The van der Waals surface area contributed by atoms with Crippen LogP contribution < -0.4 is 0 Å². The summed E-state index contributed by atoms with van der Waals surface area (Å²) in [6.07, 6.45) is 2.75. The Morgan fingerprint density at radius 2 is 2.29 bits per heavy atom. The molecule has 1 fully saturated rings. The fraction of sp³-hybridized carbons (Fsp3) is 0.727. The number of esters is 1. The van der Waals surface area contributed by atoms with Gasteiger partial charge in [0.05, 0.1) is 18.3 Å². The number of carbonyl (C=O) groups excluding carboxylic acids is 1. The first-order valence-corrected chi connectivity index (χ1v) is 7.37. The molecule has 0 N–H and O–H groups in total. The average molecular weight is 261 g/mol. The van der Waals surface area contributed by atoms with Gasteiger partial charge in [0.2, 0.25) is 10.0 Å². The van der Waals surface area contributed by atoms with Crippen LogP contribution in [0.15, 0.2) is 12.7 Å². The summed E-state index contributed by atoms with van der Waals surface area (Å²) in [5.41, 5.74) is 0. The number of sulfonamides is 1. The highest BCUT2D eigenvalue weighted by Gasteiger charge is 2.32. The van der Waals surface area contributed by atoms with Gasteiger partial charge in [-0.25, -0.2) is 12.7 Å². The Morgan fingerprint density at radius 1 is 1.59 bits per heavy atom. The molecule has 1 rings (SSSR count). The van der Waals surface area contributed by atoms with E-state index in [1.807, 2.05) is 0 Å². The van der Waals surface area contributed by atoms with Crippen LogP contribution in [0.5, 0.6) is 0 Å². The van der Waals surface area contributed by atoms with Crippen LogP contribution in [0.2, 0.25) is 0 Å². The van der Waals surface area contributed by atoms with Gasteiger partial charge in [0.1, 0.15) is 0 Å². The molecule has 0 amide bonds. The molecule has 98 valence electrons. The maximum atomic E-state index is 11.8. The van der Waals surface area contributed by atoms with Crippen molar-refractivity contribution >= 4 is 16.0 Å². The molecule has 0 aliphatic carbocycles. The van der Waals surface area contributed by atoms with Gasteiger partial charge in [0.15, 0.2) is 0 Å². The number of carbonyl (C=O) groups is 1. The standard InChI is InChI=1S/C11H19NO4S/c1-3-8-17(14,15)12-7-5-6-10(9-12)11(13)16-4-2/h3,10H,1,4-9H2,2H3/t10-/m1/s1. The Labute approximate surface area is 102 Å². The molecule has 1 aliphatic rings. The maximum absolute atomic E-state index is 11.8. The molecular weight excluding hydrogens is 242 g/mol. The van der Waals surface area contributed by atoms with Gasteiger partial charge in [0, 0.05) is 13.1 Å². The quantitative estimate of drug-likeness (QED) is 0.542. The van der Waals surface area contributed by atoms with Crippen molar-refractivity contribution in [2.24, 2.45) is 5.92 Å². The maximum Gasteiger partial charge on any atom is 0.310 e. The van der Waals surface area contributed by atoms with Crippen LogP contribution in [0.3, 0.4) is 0 Å². The minimum Gasteiger partial charge on any atom is -0.466 e. The minimum absolute atomic E-state index is 0.0808. The van der Waals surface area contributed by atoms with E-state index in [1.54, 1.807) is 6.92 Å². The third-order valence-electron chi connectivity index (χ3n) is 2.73. The molecule has 0 aromatic carbocycles. The molecule has 1 atom stereocenters. The van der Waals surface area contributed by atoms with E-state index in [4.69, 9.17) is 4.74 Å². The summed E-state index contributed by atoms with van der Waals surface area (Å²) in [6, 6.07) is 0. The van der Waals surface area contributed by atoms with E-state index >= 15 is 0 Å². The minimum atomic E-state index is -3.31. The van der Waals surface area contributed by atoms with E-state index in [1.165, 1.54) is 10.4 Å². The Bertz CT molecular complexity index is 377.